The summed E-state index contributed by atoms with van der Waals surface area (Å²) in [6.45, 7) is 9.25. The molecule has 0 bridgehead atoms. The van der Waals surface area contributed by atoms with Crippen LogP contribution in [-0.4, -0.2) is 28.5 Å². The van der Waals surface area contributed by atoms with Crippen LogP contribution < -0.4 is 0 Å². The predicted molar refractivity (Wildman–Crippen MR) is 78.4 cm³/mol. The van der Waals surface area contributed by atoms with Crippen molar-refractivity contribution >= 4 is 5.91 Å². The van der Waals surface area contributed by atoms with Crippen molar-refractivity contribution in [1.82, 2.24) is 4.90 Å². The molecule has 1 N–H and O–H groups in total. The Kier molecular flexibility index (Phi) is 5.87. The number of nitrogens with zero attached hydrogens (tertiary/aromatic N) is 1. The highest BCUT2D eigenvalue weighted by Gasteiger charge is 2.22. The molecule has 0 fully saturated rings. The van der Waals surface area contributed by atoms with Crippen LogP contribution in [0.15, 0.2) is 24.3 Å². The Morgan fingerprint density at radius 3 is 2.11 bits per heavy atom. The molecular weight excluding hydrogens is 238 g/mol. The molecular formula is C16H25NO2. The molecule has 3 heteroatoms. The van der Waals surface area contributed by atoms with Crippen LogP contribution >= 0.6 is 0 Å². The highest BCUT2D eigenvalue weighted by molar-refractivity contribution is 5.94. The Morgan fingerprint density at radius 2 is 1.68 bits per heavy atom. The van der Waals surface area contributed by atoms with Gasteiger partial charge in [0, 0.05) is 18.2 Å². The summed E-state index contributed by atoms with van der Waals surface area (Å²) in [7, 11) is 0. The van der Waals surface area contributed by atoms with Crippen molar-refractivity contribution in [1.29, 1.82) is 0 Å². The zero-order chi connectivity index (χ0) is 14.4. The lowest BCUT2D eigenvalue weighted by molar-refractivity contribution is 0.0640. The number of rotatable bonds is 6. The molecule has 0 heterocycles. The molecule has 0 saturated carbocycles. The quantitative estimate of drug-likeness (QED) is 0.850. The van der Waals surface area contributed by atoms with Gasteiger partial charge in [-0.05, 0) is 43.0 Å². The van der Waals surface area contributed by atoms with Crippen molar-refractivity contribution in [3.8, 4) is 5.75 Å². The van der Waals surface area contributed by atoms with E-state index in [-0.39, 0.29) is 17.7 Å². The van der Waals surface area contributed by atoms with Gasteiger partial charge in [0.25, 0.3) is 5.91 Å². The van der Waals surface area contributed by atoms with Crippen LogP contribution in [0.25, 0.3) is 0 Å². The second-order valence-electron chi connectivity index (χ2n) is 5.37. The number of amides is 1. The fourth-order valence-corrected chi connectivity index (χ4v) is 2.29. The van der Waals surface area contributed by atoms with E-state index in [1.165, 1.54) is 0 Å². The first-order valence-corrected chi connectivity index (χ1v) is 7.09. The maximum atomic E-state index is 12.6. The van der Waals surface area contributed by atoms with Gasteiger partial charge in [-0.25, -0.2) is 0 Å². The average Bonchev–Trinajstić information content (AvgIpc) is 2.38. The van der Waals surface area contributed by atoms with E-state index >= 15 is 0 Å². The normalized spacial score (nSPS) is 11.1. The lowest BCUT2D eigenvalue weighted by Crippen LogP contribution is -2.42. The van der Waals surface area contributed by atoms with Crippen LogP contribution in [0.5, 0.6) is 5.75 Å². The first-order chi connectivity index (χ1) is 8.99. The van der Waals surface area contributed by atoms with Gasteiger partial charge >= 0.3 is 0 Å². The van der Waals surface area contributed by atoms with Crippen LogP contribution in [-0.2, 0) is 0 Å². The summed E-state index contributed by atoms with van der Waals surface area (Å²) in [5, 5.41) is 9.30. The second-order valence-corrected chi connectivity index (χ2v) is 5.37. The van der Waals surface area contributed by atoms with Crippen LogP contribution in [0, 0.1) is 5.92 Å². The third-order valence-corrected chi connectivity index (χ3v) is 3.32. The van der Waals surface area contributed by atoms with Crippen LogP contribution in [0.1, 0.15) is 50.9 Å². The smallest absolute Gasteiger partial charge is 0.254 e. The van der Waals surface area contributed by atoms with Crippen molar-refractivity contribution in [3.05, 3.63) is 29.8 Å². The molecule has 0 aliphatic carbocycles. The summed E-state index contributed by atoms with van der Waals surface area (Å²) >= 11 is 0. The van der Waals surface area contributed by atoms with Crippen molar-refractivity contribution in [2.24, 2.45) is 5.92 Å². The van der Waals surface area contributed by atoms with Crippen LogP contribution in [0.4, 0.5) is 0 Å². The molecule has 3 nitrogen and oxygen atoms in total. The van der Waals surface area contributed by atoms with E-state index in [2.05, 4.69) is 27.7 Å². The number of hydrogen-bond donors (Lipinski definition) is 1. The van der Waals surface area contributed by atoms with Gasteiger partial charge in [-0.1, -0.05) is 27.7 Å². The van der Waals surface area contributed by atoms with E-state index in [0.717, 1.165) is 19.4 Å². The average molecular weight is 263 g/mol. The number of carbonyl (C=O) groups excluding carboxylic acids is 1. The molecule has 0 spiro atoms. The zero-order valence-electron chi connectivity index (χ0n) is 12.4. The van der Waals surface area contributed by atoms with Gasteiger partial charge in [0.2, 0.25) is 0 Å². The van der Waals surface area contributed by atoms with Crippen molar-refractivity contribution in [2.45, 2.75) is 46.6 Å². The summed E-state index contributed by atoms with van der Waals surface area (Å²) in [6.07, 6.45) is 1.93. The minimum absolute atomic E-state index is 0.0578. The van der Waals surface area contributed by atoms with E-state index in [1.54, 1.807) is 24.3 Å². The van der Waals surface area contributed by atoms with Crippen molar-refractivity contribution in [2.75, 3.05) is 6.54 Å². The van der Waals surface area contributed by atoms with E-state index in [4.69, 9.17) is 0 Å². The van der Waals surface area contributed by atoms with Crippen molar-refractivity contribution in [3.63, 3.8) is 0 Å². The zero-order valence-corrected chi connectivity index (χ0v) is 12.4. The topological polar surface area (TPSA) is 40.5 Å². The molecule has 19 heavy (non-hydrogen) atoms. The number of phenols is 1. The maximum absolute atomic E-state index is 12.6. The van der Waals surface area contributed by atoms with Crippen molar-refractivity contribution < 1.29 is 9.90 Å². The highest BCUT2D eigenvalue weighted by atomic mass is 16.3. The van der Waals surface area contributed by atoms with Crippen LogP contribution in [0.3, 0.4) is 0 Å². The van der Waals surface area contributed by atoms with E-state index < -0.39 is 0 Å². The molecule has 1 amide bonds. The van der Waals surface area contributed by atoms with Gasteiger partial charge < -0.3 is 10.0 Å². The first-order valence-electron chi connectivity index (χ1n) is 7.09. The standard InChI is InChI=1S/C16H25NO2/c1-5-14(6-2)17(11-12(3)4)16(19)13-7-9-15(18)10-8-13/h7-10,12,14,18H,5-6,11H2,1-4H3. The fourth-order valence-electron chi connectivity index (χ4n) is 2.29. The Balaban J connectivity index is 2.96. The Labute approximate surface area is 116 Å². The van der Waals surface area contributed by atoms with Gasteiger partial charge in [0.1, 0.15) is 5.75 Å². The minimum Gasteiger partial charge on any atom is -0.508 e. The molecule has 0 aliphatic rings. The van der Waals surface area contributed by atoms with Gasteiger partial charge in [-0.3, -0.25) is 4.79 Å². The van der Waals surface area contributed by atoms with E-state index in [9.17, 15) is 9.90 Å². The SMILES string of the molecule is CCC(CC)N(CC(C)C)C(=O)c1ccc(O)cc1. The number of carbonyl (C=O) groups is 1. The number of hydrogen-bond acceptors (Lipinski definition) is 2. The molecule has 1 aromatic carbocycles. The minimum atomic E-state index is 0.0578. The third kappa shape index (κ3) is 4.27. The number of phenolic OH excluding ortho intramolecular Hbond substituents is 1. The largest absolute Gasteiger partial charge is 0.508 e. The van der Waals surface area contributed by atoms with Crippen LogP contribution in [0.2, 0.25) is 0 Å². The molecule has 0 aliphatic heterocycles. The van der Waals surface area contributed by atoms with Gasteiger partial charge in [-0.2, -0.15) is 0 Å². The summed E-state index contributed by atoms with van der Waals surface area (Å²) in [5.74, 6) is 0.693. The molecule has 0 atom stereocenters. The van der Waals surface area contributed by atoms with Gasteiger partial charge in [0.15, 0.2) is 0 Å². The van der Waals surface area contributed by atoms with Gasteiger partial charge in [-0.15, -0.1) is 0 Å². The summed E-state index contributed by atoms with van der Waals surface area (Å²) < 4.78 is 0. The lowest BCUT2D eigenvalue weighted by Gasteiger charge is -2.32. The molecule has 0 radical (unpaired) electrons. The Morgan fingerprint density at radius 1 is 1.16 bits per heavy atom. The molecule has 0 saturated heterocycles. The predicted octanol–water partition coefficient (Wildman–Crippen LogP) is 3.68. The van der Waals surface area contributed by atoms with E-state index in [0.29, 0.717) is 11.5 Å². The summed E-state index contributed by atoms with van der Waals surface area (Å²) in [6, 6.07) is 6.78. The Bertz CT molecular complexity index is 394. The fraction of sp³-hybridized carbons (Fsp3) is 0.562. The highest BCUT2D eigenvalue weighted by Crippen LogP contribution is 2.17. The van der Waals surface area contributed by atoms with Gasteiger partial charge in [0.05, 0.1) is 0 Å². The summed E-state index contributed by atoms with van der Waals surface area (Å²) in [5.41, 5.74) is 0.644. The first kappa shape index (κ1) is 15.5. The summed E-state index contributed by atoms with van der Waals surface area (Å²) in [4.78, 5) is 14.6. The molecule has 1 rings (SSSR count). The monoisotopic (exact) mass is 263 g/mol. The second kappa shape index (κ2) is 7.17. The third-order valence-electron chi connectivity index (χ3n) is 3.32. The Hall–Kier alpha value is -1.51. The van der Waals surface area contributed by atoms with E-state index in [1.807, 2.05) is 4.90 Å². The number of benzene rings is 1. The lowest BCUT2D eigenvalue weighted by atomic mass is 10.1. The number of aromatic hydroxyl groups is 1. The molecule has 0 unspecified atom stereocenters. The molecule has 1 aromatic rings. The maximum Gasteiger partial charge on any atom is 0.254 e. The molecule has 0 aromatic heterocycles. The molecule has 106 valence electrons.